The summed E-state index contributed by atoms with van der Waals surface area (Å²) in [4.78, 5) is 27.8. The molecular weight excluding hydrogens is 455 g/mol. The van der Waals surface area contributed by atoms with E-state index in [1.807, 2.05) is 39.0 Å². The number of nitrogens with one attached hydrogen (secondary N) is 1. The third kappa shape index (κ3) is 7.71. The van der Waals surface area contributed by atoms with Crippen LogP contribution in [0.4, 0.5) is 0 Å². The number of carbonyl (C=O) groups is 2. The molecule has 2 aromatic rings. The Bertz CT molecular complexity index is 902. The van der Waals surface area contributed by atoms with Crippen LogP contribution in [-0.4, -0.2) is 29.3 Å². The van der Waals surface area contributed by atoms with Gasteiger partial charge in [-0.15, -0.1) is 0 Å². The Morgan fingerprint density at radius 1 is 1.00 bits per heavy atom. The number of hydrogen-bond acceptors (Lipinski definition) is 2. The van der Waals surface area contributed by atoms with Crippen molar-refractivity contribution in [2.24, 2.45) is 5.92 Å². The van der Waals surface area contributed by atoms with E-state index in [4.69, 9.17) is 34.8 Å². The summed E-state index contributed by atoms with van der Waals surface area (Å²) in [5, 5.41) is 4.57. The standard InChI is InChI=1S/C24H29Cl3N2O2/c1-4-22(24(31)28-14-16(2)3)29(15-18-9-11-19(25)13-21(18)27)23(30)12-10-17-7-5-6-8-20(17)26/h5-9,11,13,16,22H,4,10,12,14-15H2,1-3H3,(H,28,31)/t22-/m0/s1. The summed E-state index contributed by atoms with van der Waals surface area (Å²) < 4.78 is 0. The molecule has 2 aromatic carbocycles. The van der Waals surface area contributed by atoms with Gasteiger partial charge in [-0.05, 0) is 48.1 Å². The Hall–Kier alpha value is -1.75. The molecule has 0 aromatic heterocycles. The lowest BCUT2D eigenvalue weighted by Crippen LogP contribution is -2.49. The van der Waals surface area contributed by atoms with Crippen LogP contribution in [0.2, 0.25) is 15.1 Å². The van der Waals surface area contributed by atoms with Gasteiger partial charge in [0.2, 0.25) is 11.8 Å². The fourth-order valence-corrected chi connectivity index (χ4v) is 3.96. The molecule has 0 fully saturated rings. The zero-order chi connectivity index (χ0) is 23.0. The van der Waals surface area contributed by atoms with Gasteiger partial charge >= 0.3 is 0 Å². The van der Waals surface area contributed by atoms with E-state index in [1.165, 1.54) is 0 Å². The van der Waals surface area contributed by atoms with Crippen molar-refractivity contribution in [3.05, 3.63) is 68.7 Å². The highest BCUT2D eigenvalue weighted by Crippen LogP contribution is 2.25. The van der Waals surface area contributed by atoms with Gasteiger partial charge in [0.05, 0.1) is 0 Å². The van der Waals surface area contributed by atoms with Crippen molar-refractivity contribution in [1.82, 2.24) is 10.2 Å². The normalized spacial score (nSPS) is 12.0. The maximum atomic E-state index is 13.3. The minimum Gasteiger partial charge on any atom is -0.354 e. The number of halogens is 3. The second-order valence-electron chi connectivity index (χ2n) is 7.91. The predicted molar refractivity (Wildman–Crippen MR) is 129 cm³/mol. The van der Waals surface area contributed by atoms with Crippen LogP contribution in [-0.2, 0) is 22.6 Å². The molecule has 0 bridgehead atoms. The SMILES string of the molecule is CC[C@@H](C(=O)NCC(C)C)N(Cc1ccc(Cl)cc1Cl)C(=O)CCc1ccccc1Cl. The van der Waals surface area contributed by atoms with Crippen molar-refractivity contribution in [3.8, 4) is 0 Å². The maximum absolute atomic E-state index is 13.3. The van der Waals surface area contributed by atoms with E-state index < -0.39 is 6.04 Å². The molecule has 0 spiro atoms. The first-order chi connectivity index (χ1) is 14.7. The summed E-state index contributed by atoms with van der Waals surface area (Å²) >= 11 is 18.6. The zero-order valence-corrected chi connectivity index (χ0v) is 20.4. The minimum atomic E-state index is -0.593. The summed E-state index contributed by atoms with van der Waals surface area (Å²) in [6, 6.07) is 12.0. The first-order valence-corrected chi connectivity index (χ1v) is 11.6. The second kappa shape index (κ2) is 12.3. The van der Waals surface area contributed by atoms with Crippen LogP contribution in [0.5, 0.6) is 0 Å². The third-order valence-corrected chi connectivity index (χ3v) is 5.95. The molecule has 31 heavy (non-hydrogen) atoms. The number of carbonyl (C=O) groups excluding carboxylic acids is 2. The monoisotopic (exact) mass is 482 g/mol. The van der Waals surface area contributed by atoms with Crippen molar-refractivity contribution in [2.75, 3.05) is 6.54 Å². The van der Waals surface area contributed by atoms with Crippen LogP contribution < -0.4 is 5.32 Å². The van der Waals surface area contributed by atoms with E-state index in [0.29, 0.717) is 40.4 Å². The van der Waals surface area contributed by atoms with Crippen molar-refractivity contribution in [3.63, 3.8) is 0 Å². The Morgan fingerprint density at radius 2 is 1.71 bits per heavy atom. The molecule has 4 nitrogen and oxygen atoms in total. The molecule has 1 N–H and O–H groups in total. The Morgan fingerprint density at radius 3 is 2.32 bits per heavy atom. The molecule has 0 saturated carbocycles. The van der Waals surface area contributed by atoms with Crippen molar-refractivity contribution < 1.29 is 9.59 Å². The highest BCUT2D eigenvalue weighted by atomic mass is 35.5. The minimum absolute atomic E-state index is 0.127. The quantitative estimate of drug-likeness (QED) is 0.440. The molecule has 2 amide bonds. The zero-order valence-electron chi connectivity index (χ0n) is 18.1. The van der Waals surface area contributed by atoms with E-state index in [1.54, 1.807) is 29.2 Å². The Kier molecular flexibility index (Phi) is 10.1. The van der Waals surface area contributed by atoms with E-state index in [0.717, 1.165) is 11.1 Å². The number of benzene rings is 2. The first-order valence-electron chi connectivity index (χ1n) is 10.5. The van der Waals surface area contributed by atoms with Gasteiger partial charge in [0.1, 0.15) is 6.04 Å². The summed E-state index contributed by atoms with van der Waals surface area (Å²) in [5.41, 5.74) is 1.64. The van der Waals surface area contributed by atoms with Crippen LogP contribution in [0.25, 0.3) is 0 Å². The molecule has 7 heteroatoms. The van der Waals surface area contributed by atoms with Crippen molar-refractivity contribution in [1.29, 1.82) is 0 Å². The molecule has 1 atom stereocenters. The number of nitrogens with zero attached hydrogens (tertiary/aromatic N) is 1. The highest BCUT2D eigenvalue weighted by molar-refractivity contribution is 6.35. The lowest BCUT2D eigenvalue weighted by atomic mass is 10.1. The lowest BCUT2D eigenvalue weighted by molar-refractivity contribution is -0.141. The Labute approximate surface area is 199 Å². The number of rotatable bonds is 10. The van der Waals surface area contributed by atoms with Crippen molar-refractivity contribution in [2.45, 2.75) is 52.6 Å². The van der Waals surface area contributed by atoms with Crippen molar-refractivity contribution >= 4 is 46.6 Å². The predicted octanol–water partition coefficient (Wildman–Crippen LogP) is 6.16. The van der Waals surface area contributed by atoms with Crippen LogP contribution in [0.15, 0.2) is 42.5 Å². The molecule has 2 rings (SSSR count). The number of hydrogen-bond donors (Lipinski definition) is 1. The van der Waals surface area contributed by atoms with Gasteiger partial charge in [-0.3, -0.25) is 9.59 Å². The largest absolute Gasteiger partial charge is 0.354 e. The second-order valence-corrected chi connectivity index (χ2v) is 9.16. The van der Waals surface area contributed by atoms with E-state index >= 15 is 0 Å². The summed E-state index contributed by atoms with van der Waals surface area (Å²) in [5.74, 6) is 0.0291. The number of aryl methyl sites for hydroxylation is 1. The average Bonchev–Trinajstić information content (AvgIpc) is 2.72. The average molecular weight is 484 g/mol. The third-order valence-electron chi connectivity index (χ3n) is 4.99. The molecular formula is C24H29Cl3N2O2. The van der Waals surface area contributed by atoms with Gasteiger partial charge in [0, 0.05) is 34.6 Å². The van der Waals surface area contributed by atoms with Crippen LogP contribution in [0, 0.1) is 5.92 Å². The molecule has 168 valence electrons. The highest BCUT2D eigenvalue weighted by Gasteiger charge is 2.29. The maximum Gasteiger partial charge on any atom is 0.242 e. The molecule has 0 radical (unpaired) electrons. The van der Waals surface area contributed by atoms with Gasteiger partial charge < -0.3 is 10.2 Å². The van der Waals surface area contributed by atoms with E-state index in [-0.39, 0.29) is 24.8 Å². The van der Waals surface area contributed by atoms with Gasteiger partial charge in [-0.25, -0.2) is 0 Å². The molecule has 0 saturated heterocycles. The van der Waals surface area contributed by atoms with Gasteiger partial charge in [-0.1, -0.05) is 79.8 Å². The van der Waals surface area contributed by atoms with E-state index in [9.17, 15) is 9.59 Å². The van der Waals surface area contributed by atoms with Crippen LogP contribution in [0.3, 0.4) is 0 Å². The number of amides is 2. The molecule has 0 aliphatic rings. The van der Waals surface area contributed by atoms with Crippen LogP contribution >= 0.6 is 34.8 Å². The molecule has 0 aliphatic heterocycles. The fraction of sp³-hybridized carbons (Fsp3) is 0.417. The van der Waals surface area contributed by atoms with Crippen LogP contribution in [0.1, 0.15) is 44.7 Å². The Balaban J connectivity index is 2.25. The smallest absolute Gasteiger partial charge is 0.242 e. The van der Waals surface area contributed by atoms with Gasteiger partial charge in [-0.2, -0.15) is 0 Å². The molecule has 0 heterocycles. The molecule has 0 aliphatic carbocycles. The lowest BCUT2D eigenvalue weighted by Gasteiger charge is -2.31. The van der Waals surface area contributed by atoms with Gasteiger partial charge in [0.15, 0.2) is 0 Å². The van der Waals surface area contributed by atoms with Gasteiger partial charge in [0.25, 0.3) is 0 Å². The first kappa shape index (κ1) is 25.5. The summed E-state index contributed by atoms with van der Waals surface area (Å²) in [7, 11) is 0. The fourth-order valence-electron chi connectivity index (χ4n) is 3.26. The summed E-state index contributed by atoms with van der Waals surface area (Å²) in [6.07, 6.45) is 1.23. The molecule has 0 unspecified atom stereocenters. The summed E-state index contributed by atoms with van der Waals surface area (Å²) in [6.45, 7) is 6.74. The topological polar surface area (TPSA) is 49.4 Å². The van der Waals surface area contributed by atoms with E-state index in [2.05, 4.69) is 5.32 Å².